The second-order valence-electron chi connectivity index (χ2n) is 12.2. The van der Waals surface area contributed by atoms with Crippen molar-refractivity contribution in [1.29, 1.82) is 0 Å². The monoisotopic (exact) mass is 682 g/mol. The number of aromatic nitrogens is 1. The van der Waals surface area contributed by atoms with E-state index in [1.807, 2.05) is 13.8 Å². The number of carbonyl (C=O) groups excluding carboxylic acids is 2. The summed E-state index contributed by atoms with van der Waals surface area (Å²) in [6.45, 7) is 6.24. The van der Waals surface area contributed by atoms with Crippen molar-refractivity contribution in [3.63, 3.8) is 0 Å². The van der Waals surface area contributed by atoms with Crippen LogP contribution in [0.3, 0.4) is 0 Å². The Morgan fingerprint density at radius 3 is 2.50 bits per heavy atom. The highest BCUT2D eigenvalue weighted by atomic mass is 32.2. The van der Waals surface area contributed by atoms with Gasteiger partial charge in [-0.1, -0.05) is 6.92 Å². The third-order valence-electron chi connectivity index (χ3n) is 8.40. The van der Waals surface area contributed by atoms with Crippen LogP contribution in [0.4, 0.5) is 5.69 Å². The van der Waals surface area contributed by atoms with E-state index in [1.54, 1.807) is 72.6 Å². The van der Waals surface area contributed by atoms with Crippen molar-refractivity contribution in [2.45, 2.75) is 63.2 Å². The molecule has 2 amide bonds. The van der Waals surface area contributed by atoms with Crippen molar-refractivity contribution >= 4 is 27.5 Å². The van der Waals surface area contributed by atoms with Gasteiger partial charge >= 0.3 is 0 Å². The number of amides is 2. The largest absolute Gasteiger partial charge is 0.497 e. The molecule has 0 unspecified atom stereocenters. The first kappa shape index (κ1) is 36.6. The molecule has 1 aromatic heterocycles. The van der Waals surface area contributed by atoms with Gasteiger partial charge in [-0.2, -0.15) is 0 Å². The number of anilines is 1. The van der Waals surface area contributed by atoms with Crippen LogP contribution in [0.25, 0.3) is 0 Å². The van der Waals surface area contributed by atoms with Crippen molar-refractivity contribution in [2.75, 3.05) is 45.2 Å². The first-order valence-electron chi connectivity index (χ1n) is 16.1. The standard InChI is InChI=1S/C35H46N4O8S/c1-24-21-39(25(2)23-40)35(42)31-20-28(37-48(43,44)30-12-10-29(45-5)11-13-30)9-14-32(31)47-26(3)8-6-7-19-46-33(24)22-38(4)34(41)27-15-17-36-18-16-27/h9-18,20,24-26,33,37,40H,6-8,19,21-23H2,1-5H3/t24-,25-,26-,33-/m1/s1. The molecule has 13 heteroatoms. The van der Waals surface area contributed by atoms with Crippen LogP contribution >= 0.6 is 0 Å². The molecule has 0 aliphatic carbocycles. The maximum Gasteiger partial charge on any atom is 0.261 e. The molecule has 0 fully saturated rings. The Balaban J connectivity index is 1.65. The molecule has 2 aromatic carbocycles. The van der Waals surface area contributed by atoms with Crippen molar-refractivity contribution in [3.8, 4) is 11.5 Å². The van der Waals surface area contributed by atoms with E-state index in [0.29, 0.717) is 30.1 Å². The van der Waals surface area contributed by atoms with Gasteiger partial charge in [-0.25, -0.2) is 8.42 Å². The molecule has 0 saturated carbocycles. The number of fused-ring (bicyclic) bond motifs is 1. The van der Waals surface area contributed by atoms with Crippen LogP contribution in [-0.4, -0.2) is 98.8 Å². The van der Waals surface area contributed by atoms with E-state index < -0.39 is 28.1 Å². The second kappa shape index (κ2) is 16.8. The first-order valence-corrected chi connectivity index (χ1v) is 17.6. The number of likely N-dealkylation sites (N-methyl/N-ethyl adjacent to an activating group) is 1. The predicted molar refractivity (Wildman–Crippen MR) is 182 cm³/mol. The van der Waals surface area contributed by atoms with E-state index >= 15 is 0 Å². The number of ether oxygens (including phenoxy) is 3. The maximum atomic E-state index is 14.4. The first-order chi connectivity index (χ1) is 22.9. The fourth-order valence-corrected chi connectivity index (χ4v) is 6.53. The maximum absolute atomic E-state index is 14.4. The highest BCUT2D eigenvalue weighted by Gasteiger charge is 2.31. The molecule has 3 aromatic rings. The fraction of sp³-hybridized carbons (Fsp3) is 0.457. The molecule has 260 valence electrons. The van der Waals surface area contributed by atoms with Crippen LogP contribution in [0.1, 0.15) is 60.7 Å². The lowest BCUT2D eigenvalue weighted by molar-refractivity contribution is -0.0149. The van der Waals surface area contributed by atoms with E-state index in [0.717, 1.165) is 12.8 Å². The van der Waals surface area contributed by atoms with Crippen LogP contribution in [0, 0.1) is 5.92 Å². The summed E-state index contributed by atoms with van der Waals surface area (Å²) in [6.07, 6.45) is 4.75. The van der Waals surface area contributed by atoms with Gasteiger partial charge in [-0.15, -0.1) is 0 Å². The molecular formula is C35H46N4O8S. The summed E-state index contributed by atoms with van der Waals surface area (Å²) in [4.78, 5) is 34.7. The van der Waals surface area contributed by atoms with E-state index in [2.05, 4.69) is 9.71 Å². The van der Waals surface area contributed by atoms with Crippen LogP contribution in [-0.2, 0) is 14.8 Å². The third kappa shape index (κ3) is 9.45. The molecule has 1 aliphatic rings. The molecule has 0 saturated heterocycles. The Morgan fingerprint density at radius 2 is 1.83 bits per heavy atom. The van der Waals surface area contributed by atoms with Crippen LogP contribution in [0.5, 0.6) is 11.5 Å². The SMILES string of the molecule is COc1ccc(S(=O)(=O)Nc2ccc3c(c2)C(=O)N([C@H](C)CO)C[C@@H](C)[C@@H](CN(C)C(=O)c2ccncc2)OCCCC[C@@H](C)O3)cc1. The zero-order chi connectivity index (χ0) is 34.8. The number of methoxy groups -OCH3 is 1. The number of aliphatic hydroxyl groups excluding tert-OH is 1. The fourth-order valence-electron chi connectivity index (χ4n) is 5.49. The summed E-state index contributed by atoms with van der Waals surface area (Å²) in [6, 6.07) is 13.3. The molecule has 1 aliphatic heterocycles. The van der Waals surface area contributed by atoms with Crippen molar-refractivity contribution in [3.05, 3.63) is 78.1 Å². The topological polar surface area (TPSA) is 148 Å². The van der Waals surface area contributed by atoms with Crippen molar-refractivity contribution < 1.29 is 37.3 Å². The highest BCUT2D eigenvalue weighted by molar-refractivity contribution is 7.92. The lowest BCUT2D eigenvalue weighted by Gasteiger charge is -2.36. The van der Waals surface area contributed by atoms with Crippen molar-refractivity contribution in [2.24, 2.45) is 5.92 Å². The minimum Gasteiger partial charge on any atom is -0.497 e. The molecule has 0 bridgehead atoms. The average molecular weight is 683 g/mol. The smallest absolute Gasteiger partial charge is 0.261 e. The zero-order valence-corrected chi connectivity index (χ0v) is 29.0. The minimum atomic E-state index is -3.99. The lowest BCUT2D eigenvalue weighted by atomic mass is 10.0. The number of aliphatic hydroxyl groups is 1. The zero-order valence-electron chi connectivity index (χ0n) is 28.2. The molecule has 4 rings (SSSR count). The van der Waals surface area contributed by atoms with Gasteiger partial charge in [0.15, 0.2) is 0 Å². The number of sulfonamides is 1. The normalized spacial score (nSPS) is 20.1. The van der Waals surface area contributed by atoms with Gasteiger partial charge in [0.2, 0.25) is 0 Å². The van der Waals surface area contributed by atoms with E-state index in [1.165, 1.54) is 25.3 Å². The number of nitrogens with zero attached hydrogens (tertiary/aromatic N) is 3. The lowest BCUT2D eigenvalue weighted by Crippen LogP contribution is -2.48. The number of carbonyl (C=O) groups is 2. The summed E-state index contributed by atoms with van der Waals surface area (Å²) in [5, 5.41) is 10.2. The Bertz CT molecular complexity index is 1620. The van der Waals surface area contributed by atoms with Gasteiger partial charge in [0.05, 0.1) is 42.4 Å². The molecule has 48 heavy (non-hydrogen) atoms. The Kier molecular flexibility index (Phi) is 12.8. The summed E-state index contributed by atoms with van der Waals surface area (Å²) in [7, 11) is -0.784. The van der Waals surface area contributed by atoms with E-state index in [4.69, 9.17) is 14.2 Å². The van der Waals surface area contributed by atoms with Gasteiger partial charge < -0.3 is 29.1 Å². The Labute approximate surface area is 283 Å². The minimum absolute atomic E-state index is 0.0300. The van der Waals surface area contributed by atoms with Gasteiger partial charge in [0.1, 0.15) is 11.5 Å². The van der Waals surface area contributed by atoms with Crippen molar-refractivity contribution in [1.82, 2.24) is 14.8 Å². The van der Waals surface area contributed by atoms with Gasteiger partial charge in [0.25, 0.3) is 21.8 Å². The Morgan fingerprint density at radius 1 is 1.12 bits per heavy atom. The summed E-state index contributed by atoms with van der Waals surface area (Å²) in [5.74, 6) is -0.0279. The van der Waals surface area contributed by atoms with E-state index in [9.17, 15) is 23.1 Å². The molecule has 0 radical (unpaired) electrons. The Hall–Kier alpha value is -4.20. The molecular weight excluding hydrogens is 636 g/mol. The number of hydrogen-bond acceptors (Lipinski definition) is 9. The van der Waals surface area contributed by atoms with Gasteiger partial charge in [-0.3, -0.25) is 19.3 Å². The number of rotatable bonds is 9. The summed E-state index contributed by atoms with van der Waals surface area (Å²) >= 11 is 0. The second-order valence-corrected chi connectivity index (χ2v) is 13.9. The number of nitrogens with one attached hydrogen (secondary N) is 1. The third-order valence-corrected chi connectivity index (χ3v) is 9.80. The summed E-state index contributed by atoms with van der Waals surface area (Å²) in [5.41, 5.74) is 0.844. The molecule has 0 spiro atoms. The van der Waals surface area contributed by atoms with Gasteiger partial charge in [0, 0.05) is 56.3 Å². The number of pyridine rings is 1. The van der Waals surface area contributed by atoms with Crippen LogP contribution in [0.2, 0.25) is 0 Å². The molecule has 2 N–H and O–H groups in total. The van der Waals surface area contributed by atoms with E-state index in [-0.39, 0.29) is 53.8 Å². The van der Waals surface area contributed by atoms with Gasteiger partial charge in [-0.05, 0) is 87.7 Å². The number of hydrogen-bond donors (Lipinski definition) is 2. The molecule has 4 atom stereocenters. The quantitative estimate of drug-likeness (QED) is 0.334. The number of benzene rings is 2. The van der Waals surface area contributed by atoms with Crippen LogP contribution in [0.15, 0.2) is 71.9 Å². The highest BCUT2D eigenvalue weighted by Crippen LogP contribution is 2.30. The molecule has 12 nitrogen and oxygen atoms in total. The predicted octanol–water partition coefficient (Wildman–Crippen LogP) is 4.46. The summed E-state index contributed by atoms with van der Waals surface area (Å²) < 4.78 is 46.8. The molecule has 2 heterocycles. The van der Waals surface area contributed by atoms with Crippen LogP contribution < -0.4 is 14.2 Å². The average Bonchev–Trinajstić information content (AvgIpc) is 3.09.